The van der Waals surface area contributed by atoms with Gasteiger partial charge in [0.15, 0.2) is 0 Å². The Labute approximate surface area is 317 Å². The monoisotopic (exact) mass is 701 g/mol. The van der Waals surface area contributed by atoms with Gasteiger partial charge in [0.1, 0.15) is 0 Å². The predicted octanol–water partition coefficient (Wildman–Crippen LogP) is 12.2. The molecule has 0 amide bonds. The number of fused-ring (bicyclic) bond motifs is 7. The van der Waals surface area contributed by atoms with Gasteiger partial charge in [-0.2, -0.15) is 0 Å². The van der Waals surface area contributed by atoms with E-state index in [1.54, 1.807) is 0 Å². The van der Waals surface area contributed by atoms with E-state index in [0.29, 0.717) is 0 Å². The number of hydrogen-bond donors (Lipinski definition) is 0. The second kappa shape index (κ2) is 11.1. The van der Waals surface area contributed by atoms with Crippen molar-refractivity contribution in [3.8, 4) is 0 Å². The molecule has 8 rings (SSSR count). The van der Waals surface area contributed by atoms with Gasteiger partial charge in [-0.15, -0.1) is 11.3 Å². The predicted molar refractivity (Wildman–Crippen MR) is 232 cm³/mol. The lowest BCUT2D eigenvalue weighted by atomic mass is 9.30. The molecular formula is C49H56BNS. The van der Waals surface area contributed by atoms with Crippen LogP contribution < -0.4 is 21.3 Å². The first-order valence-corrected chi connectivity index (χ1v) is 20.1. The highest BCUT2D eigenvalue weighted by molar-refractivity contribution is 7.26. The van der Waals surface area contributed by atoms with Gasteiger partial charge in [0.2, 0.25) is 6.71 Å². The molecule has 6 aromatic rings. The van der Waals surface area contributed by atoms with Crippen LogP contribution in [0.5, 0.6) is 0 Å². The van der Waals surface area contributed by atoms with Gasteiger partial charge in [-0.05, 0) is 108 Å². The summed E-state index contributed by atoms with van der Waals surface area (Å²) in [6.45, 7) is 33.1. The van der Waals surface area contributed by atoms with Crippen LogP contribution in [0.4, 0.5) is 17.1 Å². The molecule has 5 aromatic carbocycles. The molecule has 2 aliphatic rings. The third kappa shape index (κ3) is 5.40. The fourth-order valence-electron chi connectivity index (χ4n) is 8.77. The summed E-state index contributed by atoms with van der Waals surface area (Å²) >= 11 is 1.95. The van der Waals surface area contributed by atoms with Crippen LogP contribution in [0.25, 0.3) is 20.2 Å². The van der Waals surface area contributed by atoms with Crippen LogP contribution in [-0.4, -0.2) is 6.71 Å². The normalized spacial score (nSPS) is 15.6. The zero-order valence-corrected chi connectivity index (χ0v) is 34.8. The molecule has 0 unspecified atom stereocenters. The fourth-order valence-corrected chi connectivity index (χ4v) is 9.89. The van der Waals surface area contributed by atoms with Gasteiger partial charge in [0, 0.05) is 42.6 Å². The Morgan fingerprint density at radius 3 is 1.65 bits per heavy atom. The first-order chi connectivity index (χ1) is 24.0. The van der Waals surface area contributed by atoms with Crippen molar-refractivity contribution in [2.45, 2.75) is 124 Å². The topological polar surface area (TPSA) is 3.24 Å². The van der Waals surface area contributed by atoms with E-state index in [0.717, 1.165) is 0 Å². The number of rotatable bonds is 1. The maximum atomic E-state index is 2.62. The van der Waals surface area contributed by atoms with Crippen molar-refractivity contribution in [3.63, 3.8) is 0 Å². The first kappa shape index (κ1) is 35.2. The molecule has 0 spiro atoms. The Morgan fingerprint density at radius 1 is 0.481 bits per heavy atom. The van der Waals surface area contributed by atoms with Crippen molar-refractivity contribution < 1.29 is 0 Å². The smallest absolute Gasteiger partial charge is 0.247 e. The van der Waals surface area contributed by atoms with E-state index in [1.165, 1.54) is 87.0 Å². The lowest BCUT2D eigenvalue weighted by Gasteiger charge is -2.46. The summed E-state index contributed by atoms with van der Waals surface area (Å²) in [6, 6.07) is 34.2. The van der Waals surface area contributed by atoms with Gasteiger partial charge < -0.3 is 4.90 Å². The minimum Gasteiger partial charge on any atom is -0.311 e. The van der Waals surface area contributed by atoms with Gasteiger partial charge in [-0.1, -0.05) is 145 Å². The van der Waals surface area contributed by atoms with Crippen molar-refractivity contribution in [2.75, 3.05) is 4.90 Å². The third-order valence-corrected chi connectivity index (χ3v) is 13.3. The molecule has 0 saturated heterocycles. The summed E-state index contributed by atoms with van der Waals surface area (Å²) in [5, 5.41) is 2.73. The summed E-state index contributed by atoms with van der Waals surface area (Å²) in [4.78, 5) is 2.62. The van der Waals surface area contributed by atoms with Crippen LogP contribution in [0.1, 0.15) is 130 Å². The molecule has 0 N–H and O–H groups in total. The minimum atomic E-state index is -0.155. The third-order valence-electron chi connectivity index (χ3n) is 12.2. The van der Waals surface area contributed by atoms with Crippen molar-refractivity contribution in [2.24, 2.45) is 0 Å². The molecule has 1 aromatic heterocycles. The molecule has 1 nitrogen and oxygen atoms in total. The standard InChI is InChI=1S/C49H56BNS/c1-45(2,3)29-15-19-33(20-16-29)51-40-27-35-34-23-30(46(4,5)6)18-22-42(34)52-43(35)28-39(40)50-38-25-31(47(7,8)9)17-21-36(38)49(13,14)37-24-32(48(10,11)12)26-41(51)44(37)50/h15-28H,1-14H3. The highest BCUT2D eigenvalue weighted by atomic mass is 32.1. The quantitative estimate of drug-likeness (QED) is 0.154. The molecule has 0 saturated carbocycles. The zero-order valence-electron chi connectivity index (χ0n) is 34.0. The summed E-state index contributed by atoms with van der Waals surface area (Å²) < 4.78 is 2.73. The summed E-state index contributed by atoms with van der Waals surface area (Å²) in [5.74, 6) is 0. The van der Waals surface area contributed by atoms with Crippen molar-refractivity contribution in [1.82, 2.24) is 0 Å². The maximum absolute atomic E-state index is 2.62. The van der Waals surface area contributed by atoms with E-state index in [1.807, 2.05) is 11.3 Å². The van der Waals surface area contributed by atoms with Gasteiger partial charge in [0.25, 0.3) is 0 Å². The number of hydrogen-bond acceptors (Lipinski definition) is 2. The van der Waals surface area contributed by atoms with E-state index in [9.17, 15) is 0 Å². The SMILES string of the molecule is CC(C)(C)c1ccc(N2c3cc4c(cc3B3c5cc(C(C)(C)C)ccc5C(C)(C)c5cc(C(C)(C)C)cc2c53)sc2ccc(C(C)(C)C)cc24)cc1. The van der Waals surface area contributed by atoms with Crippen LogP contribution in [0.15, 0.2) is 84.9 Å². The molecule has 0 fully saturated rings. The number of thiophene rings is 1. The van der Waals surface area contributed by atoms with E-state index < -0.39 is 0 Å². The Hall–Kier alpha value is -3.82. The van der Waals surface area contributed by atoms with E-state index >= 15 is 0 Å². The van der Waals surface area contributed by atoms with E-state index in [2.05, 4.69) is 187 Å². The number of anilines is 3. The molecular weight excluding hydrogens is 645 g/mol. The molecule has 2 aliphatic heterocycles. The van der Waals surface area contributed by atoms with E-state index in [-0.39, 0.29) is 33.8 Å². The molecule has 0 radical (unpaired) electrons. The molecule has 3 heterocycles. The minimum absolute atomic E-state index is 0.00755. The van der Waals surface area contributed by atoms with Crippen LogP contribution in [-0.2, 0) is 27.1 Å². The lowest BCUT2D eigenvalue weighted by molar-refractivity contribution is 0.580. The van der Waals surface area contributed by atoms with Crippen LogP contribution in [0, 0.1) is 0 Å². The van der Waals surface area contributed by atoms with Crippen molar-refractivity contribution in [1.29, 1.82) is 0 Å². The van der Waals surface area contributed by atoms with Crippen LogP contribution in [0.3, 0.4) is 0 Å². The number of nitrogens with zero attached hydrogens (tertiary/aromatic N) is 1. The molecule has 0 bridgehead atoms. The first-order valence-electron chi connectivity index (χ1n) is 19.3. The maximum Gasteiger partial charge on any atom is 0.247 e. The molecule has 52 heavy (non-hydrogen) atoms. The van der Waals surface area contributed by atoms with Gasteiger partial charge >= 0.3 is 0 Å². The average molecular weight is 702 g/mol. The van der Waals surface area contributed by atoms with Gasteiger partial charge in [0.05, 0.1) is 0 Å². The zero-order chi connectivity index (χ0) is 37.5. The van der Waals surface area contributed by atoms with Crippen LogP contribution in [0.2, 0.25) is 0 Å². The highest BCUT2D eigenvalue weighted by Crippen LogP contribution is 2.47. The Morgan fingerprint density at radius 2 is 1.04 bits per heavy atom. The van der Waals surface area contributed by atoms with Gasteiger partial charge in [-0.3, -0.25) is 0 Å². The number of benzene rings is 5. The lowest BCUT2D eigenvalue weighted by Crippen LogP contribution is -2.64. The summed E-state index contributed by atoms with van der Waals surface area (Å²) in [7, 11) is 0. The molecule has 0 aliphatic carbocycles. The average Bonchev–Trinajstić information content (AvgIpc) is 3.40. The van der Waals surface area contributed by atoms with Gasteiger partial charge in [-0.25, -0.2) is 0 Å². The second-order valence-corrected chi connectivity index (χ2v) is 21.5. The summed E-state index contributed by atoms with van der Waals surface area (Å²) in [5.41, 5.74) is 16.7. The molecule has 3 heteroatoms. The van der Waals surface area contributed by atoms with Crippen molar-refractivity contribution in [3.05, 3.63) is 118 Å². The Bertz CT molecular complexity index is 2410. The molecule has 266 valence electrons. The Kier molecular flexibility index (Phi) is 7.53. The largest absolute Gasteiger partial charge is 0.311 e. The second-order valence-electron chi connectivity index (χ2n) is 20.4. The molecule has 0 atom stereocenters. The van der Waals surface area contributed by atoms with Crippen LogP contribution >= 0.6 is 11.3 Å². The van der Waals surface area contributed by atoms with Crippen molar-refractivity contribution >= 4 is 71.7 Å². The summed E-state index contributed by atoms with van der Waals surface area (Å²) in [6.07, 6.45) is 0. The Balaban J connectivity index is 1.52. The highest BCUT2D eigenvalue weighted by Gasteiger charge is 2.47. The van der Waals surface area contributed by atoms with E-state index in [4.69, 9.17) is 0 Å². The fraction of sp³-hybridized carbons (Fsp3) is 0.388.